The molecule has 0 spiro atoms. The SMILES string of the molecule is CCC(=Cc1cscn1)CNC1CC1. The Morgan fingerprint density at radius 1 is 1.71 bits per heavy atom. The summed E-state index contributed by atoms with van der Waals surface area (Å²) >= 11 is 1.65. The van der Waals surface area contributed by atoms with Crippen LogP contribution in [-0.2, 0) is 0 Å². The van der Waals surface area contributed by atoms with Gasteiger partial charge < -0.3 is 5.32 Å². The van der Waals surface area contributed by atoms with Crippen LogP contribution in [0.25, 0.3) is 6.08 Å². The summed E-state index contributed by atoms with van der Waals surface area (Å²) in [7, 11) is 0. The zero-order valence-electron chi connectivity index (χ0n) is 8.49. The minimum absolute atomic E-state index is 0.792. The standard InChI is InChI=1S/C11H16N2S/c1-2-9(6-12-10-3-4-10)5-11-7-14-8-13-11/h5,7-8,10,12H,2-4,6H2,1H3. The fourth-order valence-corrected chi connectivity index (χ4v) is 1.86. The lowest BCUT2D eigenvalue weighted by molar-refractivity contribution is 0.723. The van der Waals surface area contributed by atoms with E-state index in [1.807, 2.05) is 5.51 Å². The summed E-state index contributed by atoms with van der Waals surface area (Å²) in [5.74, 6) is 0. The summed E-state index contributed by atoms with van der Waals surface area (Å²) in [5.41, 5.74) is 4.43. The lowest BCUT2D eigenvalue weighted by Crippen LogP contribution is -2.18. The van der Waals surface area contributed by atoms with E-state index in [0.29, 0.717) is 0 Å². The molecule has 0 amide bonds. The van der Waals surface area contributed by atoms with Crippen molar-refractivity contribution < 1.29 is 0 Å². The van der Waals surface area contributed by atoms with Gasteiger partial charge in [-0.2, -0.15) is 0 Å². The Kier molecular flexibility index (Phi) is 3.32. The van der Waals surface area contributed by atoms with Gasteiger partial charge in [-0.05, 0) is 25.3 Å². The minimum Gasteiger partial charge on any atom is -0.310 e. The Labute approximate surface area is 89.1 Å². The topological polar surface area (TPSA) is 24.9 Å². The molecule has 0 bridgehead atoms. The number of thiazole rings is 1. The fourth-order valence-electron chi connectivity index (χ4n) is 1.34. The number of nitrogens with one attached hydrogen (secondary N) is 1. The van der Waals surface area contributed by atoms with Crippen LogP contribution in [0.1, 0.15) is 31.9 Å². The quantitative estimate of drug-likeness (QED) is 0.804. The molecule has 0 atom stereocenters. The van der Waals surface area contributed by atoms with E-state index in [1.165, 1.54) is 18.4 Å². The van der Waals surface area contributed by atoms with E-state index in [1.54, 1.807) is 11.3 Å². The summed E-state index contributed by atoms with van der Waals surface area (Å²) in [4.78, 5) is 4.26. The molecule has 0 aromatic carbocycles. The van der Waals surface area contributed by atoms with E-state index in [-0.39, 0.29) is 0 Å². The van der Waals surface area contributed by atoms with E-state index in [9.17, 15) is 0 Å². The van der Waals surface area contributed by atoms with E-state index in [0.717, 1.165) is 24.7 Å². The third kappa shape index (κ3) is 2.93. The number of hydrogen-bond acceptors (Lipinski definition) is 3. The molecule has 1 heterocycles. The maximum Gasteiger partial charge on any atom is 0.0798 e. The summed E-state index contributed by atoms with van der Waals surface area (Å²) in [6.07, 6.45) is 6.02. The number of nitrogens with zero attached hydrogens (tertiary/aromatic N) is 1. The first-order chi connectivity index (χ1) is 6.88. The highest BCUT2D eigenvalue weighted by Crippen LogP contribution is 2.19. The van der Waals surface area contributed by atoms with Gasteiger partial charge in [-0.1, -0.05) is 12.5 Å². The van der Waals surface area contributed by atoms with Crippen LogP contribution in [0, 0.1) is 0 Å². The van der Waals surface area contributed by atoms with Crippen LogP contribution in [0.2, 0.25) is 0 Å². The van der Waals surface area contributed by atoms with Gasteiger partial charge in [0.1, 0.15) is 0 Å². The van der Waals surface area contributed by atoms with Gasteiger partial charge >= 0.3 is 0 Å². The molecule has 1 fully saturated rings. The van der Waals surface area contributed by atoms with Gasteiger partial charge in [0, 0.05) is 18.0 Å². The first kappa shape index (κ1) is 9.87. The van der Waals surface area contributed by atoms with E-state index in [4.69, 9.17) is 0 Å². The molecular formula is C11H16N2S. The van der Waals surface area contributed by atoms with Gasteiger partial charge in [0.15, 0.2) is 0 Å². The first-order valence-corrected chi connectivity index (χ1v) is 6.13. The minimum atomic E-state index is 0.792. The van der Waals surface area contributed by atoms with Crippen molar-refractivity contribution in [2.45, 2.75) is 32.2 Å². The lowest BCUT2D eigenvalue weighted by Gasteiger charge is -2.04. The molecule has 2 rings (SSSR count). The van der Waals surface area contributed by atoms with Crippen LogP contribution in [-0.4, -0.2) is 17.6 Å². The van der Waals surface area contributed by atoms with Crippen molar-refractivity contribution in [3.8, 4) is 0 Å². The zero-order valence-corrected chi connectivity index (χ0v) is 9.31. The molecule has 1 aliphatic rings. The molecule has 14 heavy (non-hydrogen) atoms. The maximum absolute atomic E-state index is 4.26. The maximum atomic E-state index is 4.26. The predicted octanol–water partition coefficient (Wildman–Crippen LogP) is 2.69. The van der Waals surface area contributed by atoms with E-state index in [2.05, 4.69) is 28.7 Å². The average Bonchev–Trinajstić information content (AvgIpc) is 2.90. The third-order valence-electron chi connectivity index (χ3n) is 2.45. The Morgan fingerprint density at radius 2 is 2.57 bits per heavy atom. The second kappa shape index (κ2) is 4.71. The Balaban J connectivity index is 1.90. The lowest BCUT2D eigenvalue weighted by atomic mass is 10.1. The number of rotatable bonds is 5. The number of aromatic nitrogens is 1. The van der Waals surface area contributed by atoms with Crippen LogP contribution in [0.3, 0.4) is 0 Å². The zero-order chi connectivity index (χ0) is 9.80. The molecule has 3 heteroatoms. The molecular weight excluding hydrogens is 192 g/mol. The van der Waals surface area contributed by atoms with Gasteiger partial charge in [0.2, 0.25) is 0 Å². The largest absolute Gasteiger partial charge is 0.310 e. The molecule has 1 N–H and O–H groups in total. The monoisotopic (exact) mass is 208 g/mol. The molecule has 0 saturated heterocycles. The van der Waals surface area contributed by atoms with Gasteiger partial charge in [-0.15, -0.1) is 11.3 Å². The molecule has 0 radical (unpaired) electrons. The molecule has 0 aliphatic heterocycles. The highest BCUT2D eigenvalue weighted by molar-refractivity contribution is 7.07. The van der Waals surface area contributed by atoms with Crippen LogP contribution < -0.4 is 5.32 Å². The molecule has 2 nitrogen and oxygen atoms in total. The predicted molar refractivity (Wildman–Crippen MR) is 61.4 cm³/mol. The third-order valence-corrected chi connectivity index (χ3v) is 3.06. The summed E-state index contributed by atoms with van der Waals surface area (Å²) in [6, 6.07) is 0.792. The summed E-state index contributed by atoms with van der Waals surface area (Å²) < 4.78 is 0. The normalized spacial score (nSPS) is 17.4. The van der Waals surface area contributed by atoms with Crippen molar-refractivity contribution in [3.05, 3.63) is 22.2 Å². The van der Waals surface area contributed by atoms with Crippen LogP contribution >= 0.6 is 11.3 Å². The van der Waals surface area contributed by atoms with Crippen molar-refractivity contribution in [1.29, 1.82) is 0 Å². The first-order valence-electron chi connectivity index (χ1n) is 5.19. The molecule has 0 unspecified atom stereocenters. The van der Waals surface area contributed by atoms with Crippen molar-refractivity contribution in [2.75, 3.05) is 6.54 Å². The van der Waals surface area contributed by atoms with Gasteiger partial charge in [0.25, 0.3) is 0 Å². The Hall–Kier alpha value is -0.670. The summed E-state index contributed by atoms with van der Waals surface area (Å²) in [5, 5.41) is 5.62. The van der Waals surface area contributed by atoms with E-state index < -0.39 is 0 Å². The van der Waals surface area contributed by atoms with Crippen molar-refractivity contribution in [3.63, 3.8) is 0 Å². The molecule has 1 aromatic heterocycles. The van der Waals surface area contributed by atoms with Crippen molar-refractivity contribution >= 4 is 17.4 Å². The number of hydrogen-bond donors (Lipinski definition) is 1. The summed E-state index contributed by atoms with van der Waals surface area (Å²) in [6.45, 7) is 3.23. The van der Waals surface area contributed by atoms with E-state index >= 15 is 0 Å². The molecule has 1 aliphatic carbocycles. The molecule has 1 aromatic rings. The highest BCUT2D eigenvalue weighted by atomic mass is 32.1. The second-order valence-electron chi connectivity index (χ2n) is 3.72. The van der Waals surface area contributed by atoms with Crippen molar-refractivity contribution in [1.82, 2.24) is 10.3 Å². The Bertz CT molecular complexity index is 299. The second-order valence-corrected chi connectivity index (χ2v) is 4.44. The van der Waals surface area contributed by atoms with Gasteiger partial charge in [0.05, 0.1) is 11.2 Å². The smallest absolute Gasteiger partial charge is 0.0798 e. The average molecular weight is 208 g/mol. The van der Waals surface area contributed by atoms with Gasteiger partial charge in [-0.25, -0.2) is 4.98 Å². The van der Waals surface area contributed by atoms with Gasteiger partial charge in [-0.3, -0.25) is 0 Å². The Morgan fingerprint density at radius 3 is 3.14 bits per heavy atom. The highest BCUT2D eigenvalue weighted by Gasteiger charge is 2.19. The molecule has 76 valence electrons. The fraction of sp³-hybridized carbons (Fsp3) is 0.545. The van der Waals surface area contributed by atoms with Crippen LogP contribution in [0.4, 0.5) is 0 Å². The van der Waals surface area contributed by atoms with Crippen LogP contribution in [0.5, 0.6) is 0 Å². The van der Waals surface area contributed by atoms with Crippen molar-refractivity contribution in [2.24, 2.45) is 0 Å². The molecule has 1 saturated carbocycles. The van der Waals surface area contributed by atoms with Crippen LogP contribution in [0.15, 0.2) is 16.5 Å².